The van der Waals surface area contributed by atoms with E-state index in [2.05, 4.69) is 0 Å². The van der Waals surface area contributed by atoms with E-state index in [1.807, 2.05) is 0 Å². The Bertz CT molecular complexity index is 398. The van der Waals surface area contributed by atoms with Crippen LogP contribution in [0.3, 0.4) is 0 Å². The summed E-state index contributed by atoms with van der Waals surface area (Å²) in [4.78, 5) is 37.2. The summed E-state index contributed by atoms with van der Waals surface area (Å²) >= 11 is 5.32. The first-order valence-corrected chi connectivity index (χ1v) is 7.25. The molecule has 0 atom stereocenters. The molecule has 0 aromatic heterocycles. The quantitative estimate of drug-likeness (QED) is 0.582. The summed E-state index contributed by atoms with van der Waals surface area (Å²) in [5.41, 5.74) is -1.52. The molecule has 0 aromatic rings. The van der Waals surface area contributed by atoms with Gasteiger partial charge in [-0.15, -0.1) is 0 Å². The van der Waals surface area contributed by atoms with Gasteiger partial charge in [0, 0.05) is 13.6 Å². The number of halogens is 1. The summed E-state index contributed by atoms with van der Waals surface area (Å²) in [6.07, 6.45) is -1.67. The van der Waals surface area contributed by atoms with Gasteiger partial charge in [0.1, 0.15) is 11.2 Å². The van der Waals surface area contributed by atoms with Crippen molar-refractivity contribution in [3.8, 4) is 0 Å². The molecule has 0 rings (SSSR count). The summed E-state index contributed by atoms with van der Waals surface area (Å²) in [6.45, 7) is 10.1. The molecule has 0 aliphatic rings. The molecule has 22 heavy (non-hydrogen) atoms. The molecular formula is C14H25ClN2O5. The zero-order valence-electron chi connectivity index (χ0n) is 14.2. The van der Waals surface area contributed by atoms with Gasteiger partial charge in [0.25, 0.3) is 0 Å². The smallest absolute Gasteiger partial charge is 0.419 e. The number of carbonyl (C=O) groups excluding carboxylic acids is 3. The summed E-state index contributed by atoms with van der Waals surface area (Å²) < 4.78 is 10.4. The lowest BCUT2D eigenvalue weighted by Gasteiger charge is -2.29. The molecule has 0 fully saturated rings. The molecule has 128 valence electrons. The fraction of sp³-hybridized carbons (Fsp3) is 0.786. The number of ether oxygens (including phenoxy) is 2. The fourth-order valence-corrected chi connectivity index (χ4v) is 1.31. The number of carbonyl (C=O) groups is 3. The lowest BCUT2D eigenvalue weighted by molar-refractivity contribution is 0.000771. The largest absolute Gasteiger partial charge is 0.443 e. The monoisotopic (exact) mass is 336 g/mol. The average molecular weight is 337 g/mol. The molecule has 0 unspecified atom stereocenters. The van der Waals surface area contributed by atoms with E-state index in [1.54, 1.807) is 41.5 Å². The highest BCUT2D eigenvalue weighted by molar-refractivity contribution is 6.62. The van der Waals surface area contributed by atoms with Gasteiger partial charge in [-0.1, -0.05) is 0 Å². The number of amides is 3. The van der Waals surface area contributed by atoms with Crippen LogP contribution in [0.2, 0.25) is 0 Å². The Hall–Kier alpha value is -1.50. The van der Waals surface area contributed by atoms with E-state index < -0.39 is 28.8 Å². The van der Waals surface area contributed by atoms with Crippen LogP contribution in [0.25, 0.3) is 0 Å². The molecule has 0 N–H and O–H groups in total. The second-order valence-electron chi connectivity index (χ2n) is 6.79. The van der Waals surface area contributed by atoms with Crippen LogP contribution in [0.5, 0.6) is 0 Å². The minimum atomic E-state index is -0.836. The predicted molar refractivity (Wildman–Crippen MR) is 83.1 cm³/mol. The number of imide groups is 1. The van der Waals surface area contributed by atoms with Crippen LogP contribution in [-0.2, 0) is 9.47 Å². The molecule has 0 bridgehead atoms. The second kappa shape index (κ2) is 7.67. The highest BCUT2D eigenvalue weighted by Crippen LogP contribution is 2.14. The Balaban J connectivity index is 5.02. The Morgan fingerprint density at radius 3 is 1.50 bits per heavy atom. The van der Waals surface area contributed by atoms with Crippen LogP contribution in [0, 0.1) is 0 Å². The van der Waals surface area contributed by atoms with E-state index in [1.165, 1.54) is 11.9 Å². The van der Waals surface area contributed by atoms with Crippen LogP contribution in [0.4, 0.5) is 14.4 Å². The van der Waals surface area contributed by atoms with Gasteiger partial charge in [0.05, 0.1) is 6.54 Å². The summed E-state index contributed by atoms with van der Waals surface area (Å²) in [5, 5.41) is -0.687. The molecule has 0 aliphatic heterocycles. The lowest BCUT2D eigenvalue weighted by atomic mass is 10.2. The van der Waals surface area contributed by atoms with Crippen LogP contribution in [0.15, 0.2) is 0 Å². The number of hydrogen-bond acceptors (Lipinski definition) is 5. The van der Waals surface area contributed by atoms with Crippen molar-refractivity contribution in [3.05, 3.63) is 0 Å². The van der Waals surface area contributed by atoms with Gasteiger partial charge in [0.2, 0.25) is 0 Å². The van der Waals surface area contributed by atoms with Gasteiger partial charge in [-0.2, -0.15) is 0 Å². The van der Waals surface area contributed by atoms with Gasteiger partial charge in [-0.25, -0.2) is 14.5 Å². The van der Waals surface area contributed by atoms with Gasteiger partial charge in [-0.3, -0.25) is 4.79 Å². The number of hydrogen-bond donors (Lipinski definition) is 0. The van der Waals surface area contributed by atoms with E-state index in [-0.39, 0.29) is 13.1 Å². The second-order valence-corrected chi connectivity index (χ2v) is 7.11. The van der Waals surface area contributed by atoms with Crippen molar-refractivity contribution in [1.82, 2.24) is 9.80 Å². The van der Waals surface area contributed by atoms with E-state index in [9.17, 15) is 14.4 Å². The zero-order chi connectivity index (χ0) is 17.7. The van der Waals surface area contributed by atoms with Crippen molar-refractivity contribution in [2.24, 2.45) is 0 Å². The Morgan fingerprint density at radius 2 is 1.23 bits per heavy atom. The first-order chi connectivity index (χ1) is 9.73. The van der Waals surface area contributed by atoms with Gasteiger partial charge in [-0.05, 0) is 53.1 Å². The van der Waals surface area contributed by atoms with Gasteiger partial charge in [0.15, 0.2) is 0 Å². The highest BCUT2D eigenvalue weighted by Gasteiger charge is 2.31. The maximum absolute atomic E-state index is 12.1. The molecule has 8 heteroatoms. The van der Waals surface area contributed by atoms with Crippen molar-refractivity contribution in [2.45, 2.75) is 52.7 Å². The van der Waals surface area contributed by atoms with Crippen LogP contribution in [-0.4, -0.2) is 58.7 Å². The van der Waals surface area contributed by atoms with E-state index >= 15 is 0 Å². The molecule has 3 amide bonds. The first-order valence-electron chi connectivity index (χ1n) is 6.87. The SMILES string of the molecule is CN(CCN(C(=O)OC(C)(C)C)C(=O)OC(C)(C)C)C(=O)Cl. The first kappa shape index (κ1) is 20.5. The minimum absolute atomic E-state index is 0.0703. The van der Waals surface area contributed by atoms with Crippen LogP contribution >= 0.6 is 11.6 Å². The van der Waals surface area contributed by atoms with Gasteiger partial charge < -0.3 is 14.4 Å². The third-order valence-corrected chi connectivity index (χ3v) is 2.48. The summed E-state index contributed by atoms with van der Waals surface area (Å²) in [7, 11) is 1.46. The average Bonchev–Trinajstić information content (AvgIpc) is 2.23. The Kier molecular flexibility index (Phi) is 7.15. The fourth-order valence-electron chi connectivity index (χ4n) is 1.23. The molecule has 0 aliphatic carbocycles. The van der Waals surface area contributed by atoms with Crippen molar-refractivity contribution in [1.29, 1.82) is 0 Å². The molecule has 0 spiro atoms. The topological polar surface area (TPSA) is 76.2 Å². The van der Waals surface area contributed by atoms with Crippen molar-refractivity contribution >= 4 is 29.2 Å². The lowest BCUT2D eigenvalue weighted by Crippen LogP contribution is -2.46. The van der Waals surface area contributed by atoms with Crippen LogP contribution < -0.4 is 0 Å². The standard InChI is InChI=1S/C14H25ClN2O5/c1-13(2,3)21-11(19)17(9-8-16(7)10(15)18)12(20)22-14(4,5)6/h8-9H2,1-7H3. The third-order valence-electron chi connectivity index (χ3n) is 2.19. The molecule has 0 radical (unpaired) electrons. The maximum Gasteiger partial charge on any atom is 0.419 e. The summed E-state index contributed by atoms with van der Waals surface area (Å²) in [5.74, 6) is 0. The van der Waals surface area contributed by atoms with Gasteiger partial charge >= 0.3 is 17.6 Å². The molecule has 0 heterocycles. The van der Waals surface area contributed by atoms with E-state index in [0.717, 1.165) is 4.90 Å². The van der Waals surface area contributed by atoms with E-state index in [4.69, 9.17) is 21.1 Å². The molecule has 0 aromatic carbocycles. The van der Waals surface area contributed by atoms with Crippen molar-refractivity contribution < 1.29 is 23.9 Å². The predicted octanol–water partition coefficient (Wildman–Crippen LogP) is 3.45. The Labute approximate surface area is 136 Å². The van der Waals surface area contributed by atoms with Crippen molar-refractivity contribution in [2.75, 3.05) is 20.1 Å². The van der Waals surface area contributed by atoms with E-state index in [0.29, 0.717) is 0 Å². The normalized spacial score (nSPS) is 11.6. The van der Waals surface area contributed by atoms with Crippen LogP contribution in [0.1, 0.15) is 41.5 Å². The number of likely N-dealkylation sites (N-methyl/N-ethyl adjacent to an activating group) is 1. The third kappa shape index (κ3) is 8.71. The number of rotatable bonds is 3. The Morgan fingerprint density at radius 1 is 0.864 bits per heavy atom. The molecular weight excluding hydrogens is 312 g/mol. The maximum atomic E-state index is 12.1. The minimum Gasteiger partial charge on any atom is -0.443 e. The van der Waals surface area contributed by atoms with Crippen molar-refractivity contribution in [3.63, 3.8) is 0 Å². The number of nitrogens with zero attached hydrogens (tertiary/aromatic N) is 2. The molecule has 7 nitrogen and oxygen atoms in total. The zero-order valence-corrected chi connectivity index (χ0v) is 15.0. The molecule has 0 saturated heterocycles. The highest BCUT2D eigenvalue weighted by atomic mass is 35.5. The summed E-state index contributed by atoms with van der Waals surface area (Å²) in [6, 6.07) is 0. The molecule has 0 saturated carbocycles.